The Balaban J connectivity index is 1.53. The van der Waals surface area contributed by atoms with Crippen LogP contribution in [0.2, 0.25) is 0 Å². The lowest BCUT2D eigenvalue weighted by atomic mass is 9.99. The van der Waals surface area contributed by atoms with Crippen molar-refractivity contribution in [1.82, 2.24) is 24.7 Å². The van der Waals surface area contributed by atoms with E-state index in [-0.39, 0.29) is 5.91 Å². The van der Waals surface area contributed by atoms with Crippen LogP contribution in [0.15, 0.2) is 61.1 Å². The number of pyridine rings is 2. The molecule has 8 nitrogen and oxygen atoms in total. The second-order valence-electron chi connectivity index (χ2n) is 7.68. The number of amides is 1. The molecule has 1 aliphatic heterocycles. The van der Waals surface area contributed by atoms with Crippen LogP contribution in [0.4, 0.5) is 5.82 Å². The highest BCUT2D eigenvalue weighted by Crippen LogP contribution is 2.25. The van der Waals surface area contributed by atoms with E-state index in [1.54, 1.807) is 12.4 Å². The Morgan fingerprint density at radius 3 is 2.88 bits per heavy atom. The molecule has 1 N–H and O–H groups in total. The fourth-order valence-corrected chi connectivity index (χ4v) is 3.68. The fraction of sp³-hybridized carbons (Fsp3) is 0.208. The van der Waals surface area contributed by atoms with Gasteiger partial charge < -0.3 is 14.6 Å². The number of carbonyl (C=O) groups is 1. The fourth-order valence-electron chi connectivity index (χ4n) is 3.68. The zero-order valence-corrected chi connectivity index (χ0v) is 17.7. The van der Waals surface area contributed by atoms with Crippen molar-refractivity contribution < 1.29 is 9.53 Å². The molecular weight excluding hydrogens is 404 g/mol. The SMILES string of the molecule is Cc1ccc(-c2ccc3c(c2)C(=O)Nc2cccc(n2)-c2nncn2CCCOC3)cn1. The van der Waals surface area contributed by atoms with E-state index >= 15 is 0 Å². The molecule has 1 aliphatic rings. The number of anilines is 1. The quantitative estimate of drug-likeness (QED) is 0.496. The number of aromatic nitrogens is 5. The second-order valence-corrected chi connectivity index (χ2v) is 7.68. The summed E-state index contributed by atoms with van der Waals surface area (Å²) in [6.45, 7) is 3.56. The first kappa shape index (κ1) is 20.0. The summed E-state index contributed by atoms with van der Waals surface area (Å²) >= 11 is 0. The van der Waals surface area contributed by atoms with Gasteiger partial charge in [0.05, 0.1) is 6.61 Å². The molecule has 0 fully saturated rings. The molecule has 160 valence electrons. The Morgan fingerprint density at radius 1 is 1.09 bits per heavy atom. The summed E-state index contributed by atoms with van der Waals surface area (Å²) in [5.74, 6) is 0.870. The minimum absolute atomic E-state index is 0.242. The van der Waals surface area contributed by atoms with Crippen molar-refractivity contribution in [3.8, 4) is 22.6 Å². The van der Waals surface area contributed by atoms with Crippen LogP contribution in [0.5, 0.6) is 0 Å². The van der Waals surface area contributed by atoms with Gasteiger partial charge >= 0.3 is 0 Å². The maximum absolute atomic E-state index is 13.3. The van der Waals surface area contributed by atoms with Crippen molar-refractivity contribution in [2.75, 3.05) is 11.9 Å². The monoisotopic (exact) mass is 426 g/mol. The average molecular weight is 426 g/mol. The third-order valence-corrected chi connectivity index (χ3v) is 5.38. The van der Waals surface area contributed by atoms with Gasteiger partial charge in [0.25, 0.3) is 5.91 Å². The summed E-state index contributed by atoms with van der Waals surface area (Å²) < 4.78 is 7.84. The smallest absolute Gasteiger partial charge is 0.257 e. The Labute approximate surface area is 185 Å². The van der Waals surface area contributed by atoms with Gasteiger partial charge in [-0.2, -0.15) is 0 Å². The summed E-state index contributed by atoms with van der Waals surface area (Å²) in [6.07, 6.45) is 4.29. The number of hydrogen-bond acceptors (Lipinski definition) is 6. The number of aryl methyl sites for hydroxylation is 2. The molecule has 0 radical (unpaired) electrons. The van der Waals surface area contributed by atoms with Gasteiger partial charge in [0.1, 0.15) is 17.8 Å². The molecule has 3 aromatic heterocycles. The number of benzene rings is 1. The summed E-state index contributed by atoms with van der Waals surface area (Å²) in [4.78, 5) is 22.2. The Hall–Kier alpha value is -3.91. The lowest BCUT2D eigenvalue weighted by Crippen LogP contribution is -2.17. The zero-order chi connectivity index (χ0) is 21.9. The van der Waals surface area contributed by atoms with Gasteiger partial charge in [0.15, 0.2) is 5.82 Å². The highest BCUT2D eigenvalue weighted by atomic mass is 16.5. The Kier molecular flexibility index (Phi) is 5.43. The number of nitrogens with one attached hydrogen (secondary N) is 1. The standard InChI is InChI=1S/C24H22N6O2/c1-16-6-7-18(13-25-16)17-8-9-19-14-32-11-3-10-30-15-26-29-23(30)21-4-2-5-22(27-21)28-24(31)20(19)12-17/h2,4-9,12-13,15H,3,10-11,14H2,1H3,(H,27,28,31). The summed E-state index contributed by atoms with van der Waals surface area (Å²) in [6, 6.07) is 15.2. The van der Waals surface area contributed by atoms with E-state index in [4.69, 9.17) is 4.74 Å². The van der Waals surface area contributed by atoms with Crippen LogP contribution in [-0.4, -0.2) is 37.2 Å². The first-order chi connectivity index (χ1) is 15.7. The highest BCUT2D eigenvalue weighted by molar-refractivity contribution is 6.05. The lowest BCUT2D eigenvalue weighted by Gasteiger charge is -2.14. The van der Waals surface area contributed by atoms with E-state index in [0.29, 0.717) is 42.7 Å². The van der Waals surface area contributed by atoms with Crippen LogP contribution in [-0.2, 0) is 17.9 Å². The van der Waals surface area contributed by atoms with E-state index in [2.05, 4.69) is 25.5 Å². The van der Waals surface area contributed by atoms with E-state index < -0.39 is 0 Å². The largest absolute Gasteiger partial charge is 0.377 e. The molecule has 0 spiro atoms. The van der Waals surface area contributed by atoms with Gasteiger partial charge in [-0.3, -0.25) is 9.78 Å². The molecule has 0 saturated heterocycles. The molecule has 2 bridgehead atoms. The molecule has 0 saturated carbocycles. The normalized spacial score (nSPS) is 14.1. The Morgan fingerprint density at radius 2 is 2.00 bits per heavy atom. The average Bonchev–Trinajstić information content (AvgIpc) is 3.28. The third kappa shape index (κ3) is 4.13. The lowest BCUT2D eigenvalue weighted by molar-refractivity contribution is 0.1000. The summed E-state index contributed by atoms with van der Waals surface area (Å²) in [5, 5.41) is 11.1. The summed E-state index contributed by atoms with van der Waals surface area (Å²) in [5.41, 5.74) is 4.84. The second kappa shape index (κ2) is 8.68. The first-order valence-electron chi connectivity index (χ1n) is 10.5. The number of rotatable bonds is 1. The van der Waals surface area contributed by atoms with Crippen LogP contribution in [0.1, 0.15) is 28.0 Å². The number of nitrogens with zero attached hydrogens (tertiary/aromatic N) is 5. The summed E-state index contributed by atoms with van der Waals surface area (Å²) in [7, 11) is 0. The molecular formula is C24H22N6O2. The molecule has 4 aromatic rings. The van der Waals surface area contributed by atoms with Crippen LogP contribution >= 0.6 is 0 Å². The van der Waals surface area contributed by atoms with E-state index in [1.165, 1.54) is 0 Å². The van der Waals surface area contributed by atoms with Crippen molar-refractivity contribution >= 4 is 11.7 Å². The van der Waals surface area contributed by atoms with Crippen LogP contribution < -0.4 is 5.32 Å². The van der Waals surface area contributed by atoms with Gasteiger partial charge in [-0.25, -0.2) is 4.98 Å². The molecule has 5 rings (SSSR count). The highest BCUT2D eigenvalue weighted by Gasteiger charge is 2.16. The number of hydrogen-bond donors (Lipinski definition) is 1. The molecule has 1 aromatic carbocycles. The van der Waals surface area contributed by atoms with Crippen LogP contribution in [0, 0.1) is 6.92 Å². The molecule has 0 unspecified atom stereocenters. The minimum Gasteiger partial charge on any atom is -0.377 e. The number of fused-ring (bicyclic) bond motifs is 5. The molecule has 0 aliphatic carbocycles. The van der Waals surface area contributed by atoms with Crippen molar-refractivity contribution in [1.29, 1.82) is 0 Å². The molecule has 8 heteroatoms. The molecule has 1 amide bonds. The van der Waals surface area contributed by atoms with Gasteiger partial charge in [-0.05, 0) is 48.7 Å². The van der Waals surface area contributed by atoms with Gasteiger partial charge in [0, 0.05) is 36.2 Å². The first-order valence-corrected chi connectivity index (χ1v) is 10.5. The van der Waals surface area contributed by atoms with Crippen molar-refractivity contribution in [2.45, 2.75) is 26.5 Å². The van der Waals surface area contributed by atoms with Gasteiger partial charge in [-0.1, -0.05) is 24.3 Å². The predicted molar refractivity (Wildman–Crippen MR) is 120 cm³/mol. The third-order valence-electron chi connectivity index (χ3n) is 5.38. The van der Waals surface area contributed by atoms with Crippen molar-refractivity contribution in [3.63, 3.8) is 0 Å². The molecule has 0 atom stereocenters. The van der Waals surface area contributed by atoms with Gasteiger partial charge in [0.2, 0.25) is 0 Å². The molecule has 4 heterocycles. The number of ether oxygens (including phenoxy) is 1. The maximum atomic E-state index is 13.3. The minimum atomic E-state index is -0.242. The number of carbonyl (C=O) groups excluding carboxylic acids is 1. The van der Waals surface area contributed by atoms with E-state index in [0.717, 1.165) is 28.8 Å². The van der Waals surface area contributed by atoms with Crippen molar-refractivity contribution in [3.05, 3.63) is 77.9 Å². The maximum Gasteiger partial charge on any atom is 0.257 e. The Bertz CT molecular complexity index is 1270. The van der Waals surface area contributed by atoms with Gasteiger partial charge in [-0.15, -0.1) is 10.2 Å². The topological polar surface area (TPSA) is 94.8 Å². The van der Waals surface area contributed by atoms with E-state index in [1.807, 2.05) is 60.2 Å². The van der Waals surface area contributed by atoms with Crippen LogP contribution in [0.25, 0.3) is 22.6 Å². The molecule has 32 heavy (non-hydrogen) atoms. The predicted octanol–water partition coefficient (Wildman–Crippen LogP) is 3.88. The van der Waals surface area contributed by atoms with E-state index in [9.17, 15) is 4.79 Å². The van der Waals surface area contributed by atoms with Crippen molar-refractivity contribution in [2.24, 2.45) is 0 Å². The van der Waals surface area contributed by atoms with Crippen LogP contribution in [0.3, 0.4) is 0 Å². The zero-order valence-electron chi connectivity index (χ0n) is 17.7.